The number of hydrogen-bond donors (Lipinski definition) is 3. The molecule has 0 fully saturated rings. The smallest absolute Gasteiger partial charge is 0.335 e. The molecular weight excluding hydrogens is 296 g/mol. The van der Waals surface area contributed by atoms with Crippen LogP contribution in [0.1, 0.15) is 32.6 Å². The van der Waals surface area contributed by atoms with Gasteiger partial charge in [0, 0.05) is 5.56 Å². The third-order valence-electron chi connectivity index (χ3n) is 3.54. The van der Waals surface area contributed by atoms with E-state index in [1.807, 2.05) is 6.07 Å². The van der Waals surface area contributed by atoms with Crippen molar-refractivity contribution < 1.29 is 9.90 Å². The molecule has 0 saturated heterocycles. The van der Waals surface area contributed by atoms with Gasteiger partial charge in [0.25, 0.3) is 5.56 Å². The van der Waals surface area contributed by atoms with E-state index in [1.165, 1.54) is 6.07 Å². The van der Waals surface area contributed by atoms with Crippen molar-refractivity contribution in [2.24, 2.45) is 0 Å². The number of aromatic amines is 1. The maximum Gasteiger partial charge on any atom is 0.335 e. The Kier molecular flexibility index (Phi) is 3.89. The van der Waals surface area contributed by atoms with Crippen LogP contribution in [0.5, 0.6) is 0 Å². The van der Waals surface area contributed by atoms with Crippen LogP contribution in [0, 0.1) is 36.5 Å². The molecule has 1 aromatic carbocycles. The van der Waals surface area contributed by atoms with E-state index in [2.05, 4.69) is 4.98 Å². The summed E-state index contributed by atoms with van der Waals surface area (Å²) in [4.78, 5) is 25.5. The van der Waals surface area contributed by atoms with Crippen molar-refractivity contribution in [2.45, 2.75) is 13.8 Å². The number of anilines is 1. The van der Waals surface area contributed by atoms with Crippen LogP contribution in [0.15, 0.2) is 16.9 Å². The van der Waals surface area contributed by atoms with Gasteiger partial charge in [0.2, 0.25) is 0 Å². The lowest BCUT2D eigenvalue weighted by Gasteiger charge is -2.13. The van der Waals surface area contributed by atoms with Gasteiger partial charge in [0.05, 0.1) is 5.56 Å². The number of aromatic nitrogens is 1. The predicted octanol–water partition coefficient (Wildman–Crippen LogP) is 1.68. The van der Waals surface area contributed by atoms with E-state index in [-0.39, 0.29) is 28.1 Å². The summed E-state index contributed by atoms with van der Waals surface area (Å²) in [5.41, 5.74) is 6.16. The predicted molar refractivity (Wildman–Crippen MR) is 82.8 cm³/mol. The molecule has 7 nitrogen and oxygen atoms in total. The standard InChI is InChI=1S/C16H12N4O3/c1-7-3-8(2)10(16(22)23)4-9(7)13-11(5-17)14(19)20-15(21)12(13)6-18/h3-4H,1-2H3,(H,22,23)(H3,19,20,21). The van der Waals surface area contributed by atoms with Gasteiger partial charge in [0.15, 0.2) is 0 Å². The first kappa shape index (κ1) is 15.8. The van der Waals surface area contributed by atoms with E-state index in [0.29, 0.717) is 16.7 Å². The lowest BCUT2D eigenvalue weighted by molar-refractivity contribution is 0.0696. The number of pyridine rings is 1. The van der Waals surface area contributed by atoms with Crippen LogP contribution in [0.25, 0.3) is 11.1 Å². The number of carbonyl (C=O) groups is 1. The average Bonchev–Trinajstić information content (AvgIpc) is 2.46. The SMILES string of the molecule is Cc1cc(C)c(-c2c(C#N)c(N)[nH]c(=O)c2C#N)cc1C(=O)O. The monoisotopic (exact) mass is 308 g/mol. The molecule has 4 N–H and O–H groups in total. The Bertz CT molecular complexity index is 975. The molecule has 114 valence electrons. The van der Waals surface area contributed by atoms with Crippen LogP contribution < -0.4 is 11.3 Å². The number of nitrogen functional groups attached to an aromatic ring is 1. The molecule has 0 bridgehead atoms. The Morgan fingerprint density at radius 1 is 1.17 bits per heavy atom. The zero-order chi connectivity index (χ0) is 17.3. The highest BCUT2D eigenvalue weighted by molar-refractivity contribution is 5.93. The number of hydrogen-bond acceptors (Lipinski definition) is 5. The lowest BCUT2D eigenvalue weighted by Crippen LogP contribution is -2.17. The van der Waals surface area contributed by atoms with Crippen LogP contribution in [-0.2, 0) is 0 Å². The normalized spacial score (nSPS) is 9.91. The minimum atomic E-state index is -1.14. The number of nitrogens with two attached hydrogens (primary N) is 1. The molecule has 1 aromatic heterocycles. The summed E-state index contributed by atoms with van der Waals surface area (Å²) >= 11 is 0. The van der Waals surface area contributed by atoms with Crippen LogP contribution in [0.4, 0.5) is 5.82 Å². The van der Waals surface area contributed by atoms with Gasteiger partial charge in [-0.1, -0.05) is 6.07 Å². The number of nitrogens with zero attached hydrogens (tertiary/aromatic N) is 2. The topological polar surface area (TPSA) is 144 Å². The summed E-state index contributed by atoms with van der Waals surface area (Å²) in [5.74, 6) is -1.30. The second-order valence-corrected chi connectivity index (χ2v) is 5.00. The van der Waals surface area contributed by atoms with Crippen molar-refractivity contribution in [3.8, 4) is 23.3 Å². The van der Waals surface area contributed by atoms with Crippen LogP contribution in [0.3, 0.4) is 0 Å². The zero-order valence-corrected chi connectivity index (χ0v) is 12.4. The van der Waals surface area contributed by atoms with Gasteiger partial charge in [-0.3, -0.25) is 4.79 Å². The van der Waals surface area contributed by atoms with Gasteiger partial charge in [-0.2, -0.15) is 10.5 Å². The number of carboxylic acid groups (broad SMARTS) is 1. The molecular formula is C16H12N4O3. The molecule has 0 aliphatic rings. The molecule has 0 atom stereocenters. The molecule has 23 heavy (non-hydrogen) atoms. The maximum atomic E-state index is 11.9. The van der Waals surface area contributed by atoms with Gasteiger partial charge in [0.1, 0.15) is 29.1 Å². The fourth-order valence-corrected chi connectivity index (χ4v) is 2.46. The number of benzene rings is 1. The summed E-state index contributed by atoms with van der Waals surface area (Å²) < 4.78 is 0. The van der Waals surface area contributed by atoms with E-state index < -0.39 is 11.5 Å². The van der Waals surface area contributed by atoms with Gasteiger partial charge in [-0.25, -0.2) is 4.79 Å². The number of carboxylic acids is 1. The summed E-state index contributed by atoms with van der Waals surface area (Å²) in [5, 5.41) is 27.8. The van der Waals surface area contributed by atoms with E-state index in [1.54, 1.807) is 26.0 Å². The van der Waals surface area contributed by atoms with Gasteiger partial charge >= 0.3 is 5.97 Å². The van der Waals surface area contributed by atoms with Crippen molar-refractivity contribution in [3.05, 3.63) is 50.3 Å². The Labute approximate surface area is 131 Å². The minimum absolute atomic E-state index is 0.0252. The van der Waals surface area contributed by atoms with Gasteiger partial charge < -0.3 is 15.8 Å². The second kappa shape index (κ2) is 5.66. The summed E-state index contributed by atoms with van der Waals surface area (Å²) in [6.45, 7) is 3.34. The highest BCUT2D eigenvalue weighted by atomic mass is 16.4. The number of aromatic carboxylic acids is 1. The summed E-state index contributed by atoms with van der Waals surface area (Å²) in [6, 6.07) is 6.59. The maximum absolute atomic E-state index is 11.9. The fraction of sp³-hybridized carbons (Fsp3) is 0.125. The second-order valence-electron chi connectivity index (χ2n) is 5.00. The van der Waals surface area contributed by atoms with E-state index in [4.69, 9.17) is 5.73 Å². The Morgan fingerprint density at radius 2 is 1.78 bits per heavy atom. The van der Waals surface area contributed by atoms with Gasteiger partial charge in [-0.05, 0) is 36.6 Å². The molecule has 0 saturated carbocycles. The third-order valence-corrected chi connectivity index (χ3v) is 3.54. The van der Waals surface area contributed by atoms with Crippen LogP contribution in [-0.4, -0.2) is 16.1 Å². The molecule has 1 heterocycles. The highest BCUT2D eigenvalue weighted by Crippen LogP contribution is 2.32. The number of H-pyrrole nitrogens is 1. The minimum Gasteiger partial charge on any atom is -0.478 e. The van der Waals surface area contributed by atoms with E-state index in [9.17, 15) is 25.2 Å². The molecule has 0 spiro atoms. The van der Waals surface area contributed by atoms with Crippen molar-refractivity contribution in [1.82, 2.24) is 4.98 Å². The third kappa shape index (κ3) is 2.52. The molecule has 0 amide bonds. The summed E-state index contributed by atoms with van der Waals surface area (Å²) in [6.07, 6.45) is 0. The van der Waals surface area contributed by atoms with Crippen LogP contribution in [0.2, 0.25) is 0 Å². The Hall–Kier alpha value is -3.58. The van der Waals surface area contributed by atoms with E-state index in [0.717, 1.165) is 0 Å². The molecule has 0 unspecified atom stereocenters. The lowest BCUT2D eigenvalue weighted by atomic mass is 9.90. The molecule has 7 heteroatoms. The quantitative estimate of drug-likeness (QED) is 0.769. The van der Waals surface area contributed by atoms with Gasteiger partial charge in [-0.15, -0.1) is 0 Å². The Morgan fingerprint density at radius 3 is 2.30 bits per heavy atom. The zero-order valence-electron chi connectivity index (χ0n) is 12.4. The Balaban J connectivity index is 3.02. The molecule has 2 rings (SSSR count). The number of nitrogens with one attached hydrogen (secondary N) is 1. The first-order chi connectivity index (χ1) is 10.8. The molecule has 0 aliphatic heterocycles. The first-order valence-corrected chi connectivity index (χ1v) is 6.52. The van der Waals surface area contributed by atoms with Crippen molar-refractivity contribution in [2.75, 3.05) is 5.73 Å². The van der Waals surface area contributed by atoms with Crippen molar-refractivity contribution in [1.29, 1.82) is 10.5 Å². The number of rotatable bonds is 2. The number of aryl methyl sites for hydroxylation is 2. The number of nitriles is 2. The van der Waals surface area contributed by atoms with Crippen molar-refractivity contribution >= 4 is 11.8 Å². The molecule has 0 radical (unpaired) electrons. The molecule has 0 aliphatic carbocycles. The summed E-state index contributed by atoms with van der Waals surface area (Å²) in [7, 11) is 0. The molecule has 2 aromatic rings. The van der Waals surface area contributed by atoms with Crippen molar-refractivity contribution in [3.63, 3.8) is 0 Å². The van der Waals surface area contributed by atoms with Crippen LogP contribution >= 0.6 is 0 Å². The average molecular weight is 308 g/mol. The largest absolute Gasteiger partial charge is 0.478 e. The highest BCUT2D eigenvalue weighted by Gasteiger charge is 2.21. The van der Waals surface area contributed by atoms with E-state index >= 15 is 0 Å². The first-order valence-electron chi connectivity index (χ1n) is 6.52. The fourth-order valence-electron chi connectivity index (χ4n) is 2.46.